The zero-order chi connectivity index (χ0) is 21.7. The summed E-state index contributed by atoms with van der Waals surface area (Å²) in [5.74, 6) is -1.11. The number of hydrogen-bond donors (Lipinski definition) is 2. The van der Waals surface area contributed by atoms with Gasteiger partial charge in [0.1, 0.15) is 6.04 Å². The first-order valence-electron chi connectivity index (χ1n) is 9.58. The molecule has 1 atom stereocenters. The molecule has 1 heterocycles. The van der Waals surface area contributed by atoms with E-state index >= 15 is 0 Å². The van der Waals surface area contributed by atoms with Gasteiger partial charge in [-0.25, -0.2) is 4.79 Å². The van der Waals surface area contributed by atoms with Gasteiger partial charge in [0, 0.05) is 5.56 Å². The maximum atomic E-state index is 12.8. The van der Waals surface area contributed by atoms with Gasteiger partial charge >= 0.3 is 5.97 Å². The average molecular weight is 426 g/mol. The van der Waals surface area contributed by atoms with E-state index in [1.165, 1.54) is 18.2 Å². The number of carboxylic acid groups (broad SMARTS) is 1. The highest BCUT2D eigenvalue weighted by Crippen LogP contribution is 2.25. The highest BCUT2D eigenvalue weighted by molar-refractivity contribution is 7.99. The highest BCUT2D eigenvalue weighted by Gasteiger charge is 2.36. The Morgan fingerprint density at radius 3 is 2.43 bits per heavy atom. The van der Waals surface area contributed by atoms with Gasteiger partial charge in [-0.3, -0.25) is 19.3 Å². The summed E-state index contributed by atoms with van der Waals surface area (Å²) in [6, 6.07) is 12.4. The lowest BCUT2D eigenvalue weighted by molar-refractivity contribution is -0.139. The van der Waals surface area contributed by atoms with Gasteiger partial charge in [-0.2, -0.15) is 11.8 Å². The Morgan fingerprint density at radius 2 is 1.77 bits per heavy atom. The lowest BCUT2D eigenvalue weighted by Gasteiger charge is -2.14. The average Bonchev–Trinajstić information content (AvgIpc) is 2.98. The molecule has 0 aromatic heterocycles. The van der Waals surface area contributed by atoms with Crippen molar-refractivity contribution in [3.8, 4) is 0 Å². The van der Waals surface area contributed by atoms with Crippen LogP contribution < -0.4 is 5.32 Å². The van der Waals surface area contributed by atoms with E-state index in [0.29, 0.717) is 12.2 Å². The monoisotopic (exact) mass is 426 g/mol. The molecule has 7 nitrogen and oxygen atoms in total. The van der Waals surface area contributed by atoms with Gasteiger partial charge < -0.3 is 10.4 Å². The summed E-state index contributed by atoms with van der Waals surface area (Å²) in [7, 11) is 0. The molecule has 1 aliphatic rings. The molecule has 0 aliphatic carbocycles. The predicted octanol–water partition coefficient (Wildman–Crippen LogP) is 2.81. The molecular formula is C22H22N2O5S. The number of aliphatic carboxylic acids is 1. The van der Waals surface area contributed by atoms with Gasteiger partial charge in [0.05, 0.1) is 17.7 Å². The van der Waals surface area contributed by atoms with Crippen LogP contribution in [0.4, 0.5) is 0 Å². The number of rotatable bonds is 9. The SMILES string of the molecule is CCSCCC(NC(=O)c1ccc2c(c1)C(=O)N(Cc1ccccc1)C2=O)C(=O)O. The topological polar surface area (TPSA) is 104 Å². The van der Waals surface area contributed by atoms with Crippen LogP contribution in [0, 0.1) is 0 Å². The molecule has 3 amide bonds. The summed E-state index contributed by atoms with van der Waals surface area (Å²) in [6.07, 6.45) is 0.298. The number of fused-ring (bicyclic) bond motifs is 1. The van der Waals surface area contributed by atoms with E-state index in [2.05, 4.69) is 5.32 Å². The zero-order valence-corrected chi connectivity index (χ0v) is 17.3. The van der Waals surface area contributed by atoms with Crippen molar-refractivity contribution in [3.63, 3.8) is 0 Å². The molecule has 0 bridgehead atoms. The largest absolute Gasteiger partial charge is 0.480 e. The summed E-state index contributed by atoms with van der Waals surface area (Å²) in [5.41, 5.74) is 1.35. The first-order valence-corrected chi connectivity index (χ1v) is 10.7. The standard InChI is InChI=1S/C22H22N2O5S/c1-2-30-11-10-18(22(28)29)23-19(25)15-8-9-16-17(12-15)21(27)24(20(16)26)13-14-6-4-3-5-7-14/h3-9,12,18H,2,10-11,13H2,1H3,(H,23,25)(H,28,29). The van der Waals surface area contributed by atoms with Gasteiger partial charge in [0.2, 0.25) is 0 Å². The van der Waals surface area contributed by atoms with Crippen LogP contribution in [-0.4, -0.2) is 51.2 Å². The van der Waals surface area contributed by atoms with Crippen LogP contribution in [0.1, 0.15) is 50.0 Å². The third-order valence-electron chi connectivity index (χ3n) is 4.77. The van der Waals surface area contributed by atoms with E-state index in [4.69, 9.17) is 0 Å². The molecule has 30 heavy (non-hydrogen) atoms. The summed E-state index contributed by atoms with van der Waals surface area (Å²) in [6.45, 7) is 2.12. The smallest absolute Gasteiger partial charge is 0.326 e. The molecule has 0 radical (unpaired) electrons. The van der Waals surface area contributed by atoms with Gasteiger partial charge in [-0.05, 0) is 41.7 Å². The number of benzene rings is 2. The molecule has 8 heteroatoms. The minimum Gasteiger partial charge on any atom is -0.480 e. The van der Waals surface area contributed by atoms with Crippen molar-refractivity contribution >= 4 is 35.5 Å². The van der Waals surface area contributed by atoms with E-state index in [1.54, 1.807) is 11.8 Å². The molecule has 0 saturated heterocycles. The predicted molar refractivity (Wildman–Crippen MR) is 114 cm³/mol. The number of nitrogens with one attached hydrogen (secondary N) is 1. The van der Waals surface area contributed by atoms with Crippen LogP contribution in [0.2, 0.25) is 0 Å². The second kappa shape index (κ2) is 9.58. The van der Waals surface area contributed by atoms with Crippen LogP contribution in [-0.2, 0) is 11.3 Å². The summed E-state index contributed by atoms with van der Waals surface area (Å²) < 4.78 is 0. The van der Waals surface area contributed by atoms with Crippen LogP contribution in [0.3, 0.4) is 0 Å². The third-order valence-corrected chi connectivity index (χ3v) is 5.71. The van der Waals surface area contributed by atoms with Gasteiger partial charge in [-0.1, -0.05) is 37.3 Å². The first kappa shape index (κ1) is 21.6. The van der Waals surface area contributed by atoms with E-state index in [-0.39, 0.29) is 23.2 Å². The molecule has 0 spiro atoms. The number of hydrogen-bond acceptors (Lipinski definition) is 5. The van der Waals surface area contributed by atoms with Gasteiger partial charge in [0.25, 0.3) is 17.7 Å². The van der Waals surface area contributed by atoms with E-state index in [9.17, 15) is 24.3 Å². The van der Waals surface area contributed by atoms with Crippen molar-refractivity contribution in [1.29, 1.82) is 0 Å². The Morgan fingerprint density at radius 1 is 1.07 bits per heavy atom. The van der Waals surface area contributed by atoms with Crippen molar-refractivity contribution in [2.45, 2.75) is 25.9 Å². The van der Waals surface area contributed by atoms with Crippen molar-refractivity contribution in [1.82, 2.24) is 10.2 Å². The third kappa shape index (κ3) is 4.71. The molecule has 1 unspecified atom stereocenters. The molecule has 1 aliphatic heterocycles. The molecule has 2 aromatic rings. The zero-order valence-electron chi connectivity index (χ0n) is 16.5. The molecule has 0 saturated carbocycles. The Labute approximate surface area is 178 Å². The van der Waals surface area contributed by atoms with Crippen LogP contribution in [0.5, 0.6) is 0 Å². The lowest BCUT2D eigenvalue weighted by Crippen LogP contribution is -2.41. The Kier molecular flexibility index (Phi) is 6.89. The van der Waals surface area contributed by atoms with E-state index < -0.39 is 29.7 Å². The maximum Gasteiger partial charge on any atom is 0.326 e. The minimum atomic E-state index is -1.11. The highest BCUT2D eigenvalue weighted by atomic mass is 32.2. The minimum absolute atomic E-state index is 0.144. The Hall–Kier alpha value is -3.13. The van der Waals surface area contributed by atoms with E-state index in [1.807, 2.05) is 37.3 Å². The fourth-order valence-corrected chi connectivity index (χ4v) is 3.88. The molecule has 2 aromatic carbocycles. The van der Waals surface area contributed by atoms with Crippen molar-refractivity contribution in [2.24, 2.45) is 0 Å². The van der Waals surface area contributed by atoms with Crippen LogP contribution in [0.25, 0.3) is 0 Å². The van der Waals surface area contributed by atoms with Crippen molar-refractivity contribution < 1.29 is 24.3 Å². The van der Waals surface area contributed by atoms with Crippen molar-refractivity contribution in [2.75, 3.05) is 11.5 Å². The molecule has 3 rings (SSSR count). The summed E-state index contributed by atoms with van der Waals surface area (Å²) in [5, 5.41) is 11.8. The molecule has 2 N–H and O–H groups in total. The van der Waals surface area contributed by atoms with Gasteiger partial charge in [0.15, 0.2) is 0 Å². The second-order valence-corrected chi connectivity index (χ2v) is 8.19. The second-order valence-electron chi connectivity index (χ2n) is 6.79. The summed E-state index contributed by atoms with van der Waals surface area (Å²) >= 11 is 1.59. The molecule has 0 fully saturated rings. The lowest BCUT2D eigenvalue weighted by atomic mass is 10.0. The Balaban J connectivity index is 1.75. The van der Waals surface area contributed by atoms with Gasteiger partial charge in [-0.15, -0.1) is 0 Å². The van der Waals surface area contributed by atoms with Crippen LogP contribution >= 0.6 is 11.8 Å². The number of imide groups is 1. The Bertz CT molecular complexity index is 977. The quantitative estimate of drug-likeness (QED) is 0.472. The van der Waals surface area contributed by atoms with Crippen LogP contribution in [0.15, 0.2) is 48.5 Å². The molecule has 156 valence electrons. The summed E-state index contributed by atoms with van der Waals surface area (Å²) in [4.78, 5) is 50.5. The fourth-order valence-electron chi connectivity index (χ4n) is 3.19. The number of carboxylic acids is 1. The number of nitrogens with zero attached hydrogens (tertiary/aromatic N) is 1. The normalized spacial score (nSPS) is 13.8. The maximum absolute atomic E-state index is 12.8. The molecular weight excluding hydrogens is 404 g/mol. The fraction of sp³-hybridized carbons (Fsp3) is 0.273. The number of thioether (sulfide) groups is 1. The first-order chi connectivity index (χ1) is 14.4. The number of amides is 3. The van der Waals surface area contributed by atoms with E-state index in [0.717, 1.165) is 16.2 Å². The number of carbonyl (C=O) groups is 4. The van der Waals surface area contributed by atoms with Crippen molar-refractivity contribution in [3.05, 3.63) is 70.8 Å². The number of carbonyl (C=O) groups excluding carboxylic acids is 3.